The number of aliphatic hydroxyl groups is 1. The topological polar surface area (TPSA) is 58.5 Å². The van der Waals surface area contributed by atoms with Gasteiger partial charge in [-0.25, -0.2) is 4.98 Å². The van der Waals surface area contributed by atoms with Crippen LogP contribution in [0.1, 0.15) is 6.92 Å². The van der Waals surface area contributed by atoms with Crippen LogP contribution in [0.3, 0.4) is 0 Å². The van der Waals surface area contributed by atoms with Gasteiger partial charge in [0.2, 0.25) is 5.28 Å². The maximum absolute atomic E-state index is 9.42. The number of nitrogens with zero attached hydrogens (tertiary/aromatic N) is 3. The molecule has 1 fully saturated rings. The van der Waals surface area contributed by atoms with E-state index in [9.17, 15) is 5.11 Å². The highest BCUT2D eigenvalue weighted by molar-refractivity contribution is 6.28. The highest BCUT2D eigenvalue weighted by atomic mass is 35.5. The van der Waals surface area contributed by atoms with E-state index < -0.39 is 0 Å². The zero-order valence-corrected chi connectivity index (χ0v) is 9.27. The second kappa shape index (κ2) is 3.83. The number of ether oxygens (including phenoxy) is 1. The molecule has 1 saturated heterocycles. The third kappa shape index (κ3) is 1.72. The van der Waals surface area contributed by atoms with E-state index in [1.54, 1.807) is 7.11 Å². The fraction of sp³-hybridized carbons (Fsp3) is 0.556. The van der Waals surface area contributed by atoms with E-state index in [1.807, 2.05) is 11.8 Å². The second-order valence-corrected chi connectivity index (χ2v) is 3.83. The van der Waals surface area contributed by atoms with Crippen LogP contribution in [0.25, 0.3) is 0 Å². The molecule has 82 valence electrons. The van der Waals surface area contributed by atoms with Gasteiger partial charge in [0.25, 0.3) is 0 Å². The van der Waals surface area contributed by atoms with Gasteiger partial charge in [-0.15, -0.1) is 0 Å². The summed E-state index contributed by atoms with van der Waals surface area (Å²) >= 11 is 5.72. The summed E-state index contributed by atoms with van der Waals surface area (Å²) in [5, 5.41) is 9.60. The number of hydrogen-bond donors (Lipinski definition) is 1. The van der Waals surface area contributed by atoms with E-state index in [2.05, 4.69) is 9.97 Å². The molecule has 0 bridgehead atoms. The molecule has 5 nitrogen and oxygen atoms in total. The maximum Gasteiger partial charge on any atom is 0.224 e. The minimum Gasteiger partial charge on any atom is -0.491 e. The Morgan fingerprint density at radius 1 is 1.67 bits per heavy atom. The number of methoxy groups -OCH3 is 1. The second-order valence-electron chi connectivity index (χ2n) is 3.49. The summed E-state index contributed by atoms with van der Waals surface area (Å²) in [5.74, 6) is 1.20. The fourth-order valence-corrected chi connectivity index (χ4v) is 1.69. The van der Waals surface area contributed by atoms with Gasteiger partial charge >= 0.3 is 0 Å². The maximum atomic E-state index is 9.42. The van der Waals surface area contributed by atoms with Crippen LogP contribution < -0.4 is 9.64 Å². The first kappa shape index (κ1) is 10.4. The summed E-state index contributed by atoms with van der Waals surface area (Å²) in [7, 11) is 1.55. The Labute approximate surface area is 92.7 Å². The molecule has 0 aliphatic carbocycles. The van der Waals surface area contributed by atoms with E-state index in [0.29, 0.717) is 18.1 Å². The molecule has 0 radical (unpaired) electrons. The summed E-state index contributed by atoms with van der Waals surface area (Å²) in [6.45, 7) is 2.47. The van der Waals surface area contributed by atoms with Crippen LogP contribution in [0.5, 0.6) is 5.75 Å². The lowest BCUT2D eigenvalue weighted by atomic mass is 10.0. The van der Waals surface area contributed by atoms with E-state index in [1.165, 1.54) is 6.20 Å². The van der Waals surface area contributed by atoms with Crippen molar-refractivity contribution in [3.05, 3.63) is 11.5 Å². The Morgan fingerprint density at radius 3 is 2.93 bits per heavy atom. The van der Waals surface area contributed by atoms with Crippen molar-refractivity contribution in [1.82, 2.24) is 9.97 Å². The number of hydrogen-bond acceptors (Lipinski definition) is 5. The van der Waals surface area contributed by atoms with Gasteiger partial charge < -0.3 is 14.7 Å². The average Bonchev–Trinajstić information content (AvgIpc) is 2.25. The van der Waals surface area contributed by atoms with Crippen LogP contribution in [-0.4, -0.2) is 40.9 Å². The fourth-order valence-electron chi connectivity index (χ4n) is 1.56. The first-order valence-electron chi connectivity index (χ1n) is 4.64. The number of anilines is 1. The van der Waals surface area contributed by atoms with Crippen molar-refractivity contribution in [2.75, 3.05) is 18.6 Å². The molecule has 1 N–H and O–H groups in total. The van der Waals surface area contributed by atoms with E-state index in [-0.39, 0.29) is 17.4 Å². The van der Waals surface area contributed by atoms with Gasteiger partial charge in [0.05, 0.1) is 25.5 Å². The molecule has 0 aromatic carbocycles. The summed E-state index contributed by atoms with van der Waals surface area (Å²) in [6.07, 6.45) is 1.21. The molecule has 15 heavy (non-hydrogen) atoms. The van der Waals surface area contributed by atoms with Crippen molar-refractivity contribution in [1.29, 1.82) is 0 Å². The highest BCUT2D eigenvalue weighted by Gasteiger charge is 2.36. The van der Waals surface area contributed by atoms with Gasteiger partial charge in [0.1, 0.15) is 0 Å². The smallest absolute Gasteiger partial charge is 0.224 e. The van der Waals surface area contributed by atoms with E-state index >= 15 is 0 Å². The molecule has 6 heteroatoms. The molecular formula is C9H12ClN3O2. The molecule has 2 heterocycles. The number of halogens is 1. The predicted octanol–water partition coefficient (Wildman–Crippen LogP) is 0.708. The summed E-state index contributed by atoms with van der Waals surface area (Å²) in [4.78, 5) is 9.86. The van der Waals surface area contributed by atoms with Crippen molar-refractivity contribution in [2.45, 2.75) is 19.1 Å². The van der Waals surface area contributed by atoms with Gasteiger partial charge in [-0.1, -0.05) is 0 Å². The third-order valence-corrected chi connectivity index (χ3v) is 2.81. The van der Waals surface area contributed by atoms with Crippen molar-refractivity contribution >= 4 is 17.4 Å². The molecular weight excluding hydrogens is 218 g/mol. The van der Waals surface area contributed by atoms with Crippen molar-refractivity contribution in [3.8, 4) is 5.75 Å². The normalized spacial score (nSPS) is 24.9. The third-order valence-electron chi connectivity index (χ3n) is 2.63. The van der Waals surface area contributed by atoms with Crippen molar-refractivity contribution in [3.63, 3.8) is 0 Å². The minimum atomic E-state index is -0.316. The molecule has 0 amide bonds. The first-order valence-corrected chi connectivity index (χ1v) is 5.02. The van der Waals surface area contributed by atoms with Gasteiger partial charge in [0, 0.05) is 6.54 Å². The Morgan fingerprint density at radius 2 is 2.40 bits per heavy atom. The van der Waals surface area contributed by atoms with E-state index in [4.69, 9.17) is 16.3 Å². The van der Waals surface area contributed by atoms with Crippen LogP contribution in [0.4, 0.5) is 5.82 Å². The lowest BCUT2D eigenvalue weighted by Crippen LogP contribution is -2.59. The summed E-state index contributed by atoms with van der Waals surface area (Å²) < 4.78 is 5.13. The Hall–Kier alpha value is -1.07. The molecule has 2 rings (SSSR count). The summed E-state index contributed by atoms with van der Waals surface area (Å²) in [5.41, 5.74) is 0. The zero-order valence-electron chi connectivity index (χ0n) is 8.51. The Kier molecular flexibility index (Phi) is 2.67. The van der Waals surface area contributed by atoms with Gasteiger partial charge in [-0.2, -0.15) is 4.98 Å². The molecule has 1 aliphatic rings. The summed E-state index contributed by atoms with van der Waals surface area (Å²) in [6, 6.07) is 0.0323. The van der Waals surface area contributed by atoms with Gasteiger partial charge in [0.15, 0.2) is 11.6 Å². The van der Waals surface area contributed by atoms with Gasteiger partial charge in [-0.05, 0) is 18.5 Å². The molecule has 1 aromatic rings. The largest absolute Gasteiger partial charge is 0.491 e. The molecule has 0 spiro atoms. The highest BCUT2D eigenvalue weighted by Crippen LogP contribution is 2.32. The van der Waals surface area contributed by atoms with Crippen LogP contribution in [0.15, 0.2) is 6.20 Å². The number of β-amino-alcohol motifs (C(OH)–C–C–N with tert-alkyl or cyclic N) is 1. The van der Waals surface area contributed by atoms with Crippen LogP contribution in [0, 0.1) is 0 Å². The van der Waals surface area contributed by atoms with Gasteiger partial charge in [-0.3, -0.25) is 0 Å². The quantitative estimate of drug-likeness (QED) is 0.757. The molecule has 0 saturated carbocycles. The van der Waals surface area contributed by atoms with Crippen molar-refractivity contribution in [2.24, 2.45) is 0 Å². The number of rotatable bonds is 2. The zero-order chi connectivity index (χ0) is 11.0. The molecule has 1 aromatic heterocycles. The Balaban J connectivity index is 2.30. The Bertz CT molecular complexity index is 374. The van der Waals surface area contributed by atoms with E-state index in [0.717, 1.165) is 0 Å². The first-order chi connectivity index (χ1) is 7.13. The molecule has 2 atom stereocenters. The van der Waals surface area contributed by atoms with Crippen LogP contribution in [0.2, 0.25) is 5.28 Å². The van der Waals surface area contributed by atoms with Crippen LogP contribution in [-0.2, 0) is 0 Å². The predicted molar refractivity (Wildman–Crippen MR) is 56.4 cm³/mol. The lowest BCUT2D eigenvalue weighted by molar-refractivity contribution is 0.0981. The standard InChI is InChI=1S/C9H12ClN3O2/c1-5-6(14)4-13(5)8-7(15-2)3-11-9(10)12-8/h3,5-6,14H,4H2,1-2H3/t5-,6-/m1/s1. The minimum absolute atomic E-state index is 0.0323. The molecule has 0 unspecified atom stereocenters. The van der Waals surface area contributed by atoms with Crippen LogP contribution >= 0.6 is 11.6 Å². The monoisotopic (exact) mass is 229 g/mol. The lowest BCUT2D eigenvalue weighted by Gasteiger charge is -2.44. The molecule has 1 aliphatic heterocycles. The number of aromatic nitrogens is 2. The number of aliphatic hydroxyl groups excluding tert-OH is 1. The average molecular weight is 230 g/mol. The van der Waals surface area contributed by atoms with Crippen molar-refractivity contribution < 1.29 is 9.84 Å². The SMILES string of the molecule is COc1cnc(Cl)nc1N1C[C@@H](O)[C@H]1C.